The summed E-state index contributed by atoms with van der Waals surface area (Å²) in [5.74, 6) is -0.0775. The molecule has 0 amide bonds. The number of nitrogens with zero attached hydrogens (tertiary/aromatic N) is 1. The molecule has 4 heteroatoms. The summed E-state index contributed by atoms with van der Waals surface area (Å²) >= 11 is 6.19. The fourth-order valence-electron chi connectivity index (χ4n) is 2.13. The zero-order valence-electron chi connectivity index (χ0n) is 12.0. The van der Waals surface area contributed by atoms with Crippen LogP contribution in [-0.2, 0) is 11.2 Å². The number of ether oxygens (including phenoxy) is 1. The smallest absolute Gasteiger partial charge is 0.257 e. The Kier molecular flexibility index (Phi) is 5.21. The molecule has 0 aliphatic heterocycles. The number of benzene rings is 1. The number of halogens is 1. The molecule has 0 saturated carbocycles. The van der Waals surface area contributed by atoms with Crippen molar-refractivity contribution in [1.29, 1.82) is 0 Å². The number of carbonyl (C=O) groups is 1. The van der Waals surface area contributed by atoms with Crippen LogP contribution in [0.4, 0.5) is 0 Å². The molecule has 108 valence electrons. The molecule has 0 aliphatic rings. The van der Waals surface area contributed by atoms with Gasteiger partial charge in [0.25, 0.3) is 5.91 Å². The van der Waals surface area contributed by atoms with E-state index in [4.69, 9.17) is 16.3 Å². The van der Waals surface area contributed by atoms with Gasteiger partial charge in [0.15, 0.2) is 0 Å². The minimum absolute atomic E-state index is 0.0775. The third-order valence-corrected chi connectivity index (χ3v) is 3.67. The van der Waals surface area contributed by atoms with Gasteiger partial charge in [0, 0.05) is 18.2 Å². The molecule has 0 bridgehead atoms. The quantitative estimate of drug-likeness (QED) is 0.743. The van der Waals surface area contributed by atoms with Gasteiger partial charge < -0.3 is 4.74 Å². The van der Waals surface area contributed by atoms with E-state index in [1.807, 2.05) is 18.2 Å². The van der Waals surface area contributed by atoms with Crippen molar-refractivity contribution in [3.05, 3.63) is 35.0 Å². The molecule has 1 aromatic carbocycles. The number of carbonyl (C=O) groups excluding carboxylic acids is 1. The van der Waals surface area contributed by atoms with Crippen molar-refractivity contribution in [1.82, 2.24) is 4.57 Å². The van der Waals surface area contributed by atoms with E-state index in [9.17, 15) is 4.79 Å². The van der Waals surface area contributed by atoms with E-state index in [1.54, 1.807) is 10.8 Å². The second-order valence-electron chi connectivity index (χ2n) is 4.85. The van der Waals surface area contributed by atoms with Gasteiger partial charge in [0.05, 0.1) is 10.5 Å². The van der Waals surface area contributed by atoms with E-state index in [0.717, 1.165) is 30.2 Å². The summed E-state index contributed by atoms with van der Waals surface area (Å²) in [5, 5.41) is 1.51. The van der Waals surface area contributed by atoms with E-state index in [2.05, 4.69) is 13.8 Å². The fraction of sp³-hybridized carbons (Fsp3) is 0.438. The molecule has 0 saturated heterocycles. The summed E-state index contributed by atoms with van der Waals surface area (Å²) in [6.45, 7) is 4.90. The minimum Gasteiger partial charge on any atom is -0.372 e. The first kappa shape index (κ1) is 15.1. The third kappa shape index (κ3) is 3.22. The fourth-order valence-corrected chi connectivity index (χ4v) is 2.39. The van der Waals surface area contributed by atoms with Crippen LogP contribution in [0.15, 0.2) is 24.4 Å². The number of rotatable bonds is 6. The lowest BCUT2D eigenvalue weighted by Crippen LogP contribution is -2.16. The van der Waals surface area contributed by atoms with Crippen molar-refractivity contribution in [2.75, 3.05) is 13.2 Å². The monoisotopic (exact) mass is 293 g/mol. The number of aromatic nitrogens is 1. The summed E-state index contributed by atoms with van der Waals surface area (Å²) < 4.78 is 6.99. The van der Waals surface area contributed by atoms with Crippen LogP contribution >= 0.6 is 11.6 Å². The molecular weight excluding hydrogens is 274 g/mol. The molecule has 0 radical (unpaired) electrons. The molecular formula is C16H20ClNO2. The van der Waals surface area contributed by atoms with E-state index in [1.165, 1.54) is 5.56 Å². The van der Waals surface area contributed by atoms with Crippen molar-refractivity contribution in [3.63, 3.8) is 0 Å². The zero-order chi connectivity index (χ0) is 14.5. The highest BCUT2D eigenvalue weighted by Crippen LogP contribution is 2.26. The van der Waals surface area contributed by atoms with Crippen molar-refractivity contribution in [2.24, 2.45) is 0 Å². The molecule has 0 fully saturated rings. The third-order valence-electron chi connectivity index (χ3n) is 3.37. The maximum Gasteiger partial charge on any atom is 0.257 e. The molecule has 20 heavy (non-hydrogen) atoms. The van der Waals surface area contributed by atoms with Crippen LogP contribution in [0.3, 0.4) is 0 Å². The second-order valence-corrected chi connectivity index (χ2v) is 5.26. The summed E-state index contributed by atoms with van der Waals surface area (Å²) in [7, 11) is 0. The minimum atomic E-state index is -0.0775. The molecule has 0 aliphatic carbocycles. The van der Waals surface area contributed by atoms with Gasteiger partial charge in [-0.3, -0.25) is 9.36 Å². The van der Waals surface area contributed by atoms with Gasteiger partial charge in [-0.25, -0.2) is 0 Å². The van der Waals surface area contributed by atoms with Crippen LogP contribution in [0.5, 0.6) is 0 Å². The number of fused-ring (bicyclic) bond motifs is 1. The van der Waals surface area contributed by atoms with Gasteiger partial charge in [-0.05, 0) is 24.5 Å². The summed E-state index contributed by atoms with van der Waals surface area (Å²) in [5.41, 5.74) is 2.05. The molecule has 0 atom stereocenters. The summed E-state index contributed by atoms with van der Waals surface area (Å²) in [4.78, 5) is 12.2. The number of aryl methyl sites for hydroxylation is 1. The highest BCUT2D eigenvalue weighted by atomic mass is 35.5. The lowest BCUT2D eigenvalue weighted by molar-refractivity contribution is 0.0676. The topological polar surface area (TPSA) is 31.2 Å². The normalized spacial score (nSPS) is 11.2. The lowest BCUT2D eigenvalue weighted by atomic mass is 10.1. The van der Waals surface area contributed by atoms with Crippen LogP contribution in [0.1, 0.15) is 37.0 Å². The maximum absolute atomic E-state index is 12.2. The van der Waals surface area contributed by atoms with E-state index >= 15 is 0 Å². The molecule has 0 N–H and O–H groups in total. The Balaban J connectivity index is 2.22. The van der Waals surface area contributed by atoms with Crippen molar-refractivity contribution in [3.8, 4) is 0 Å². The molecule has 2 rings (SSSR count). The molecule has 0 spiro atoms. The second kappa shape index (κ2) is 6.91. The van der Waals surface area contributed by atoms with Crippen molar-refractivity contribution < 1.29 is 9.53 Å². The molecule has 2 aromatic rings. The molecule has 3 nitrogen and oxygen atoms in total. The lowest BCUT2D eigenvalue weighted by Gasteiger charge is -2.06. The molecule has 1 aromatic heterocycles. The highest BCUT2D eigenvalue weighted by Gasteiger charge is 2.13. The zero-order valence-corrected chi connectivity index (χ0v) is 12.7. The standard InChI is InChI=1S/C16H20ClNO2/c1-3-5-8-20-11-16(19)18-10-14(17)13-7-6-12(4-2)9-15(13)18/h6-7,9-10H,3-5,8,11H2,1-2H3. The average Bonchev–Trinajstić information content (AvgIpc) is 2.80. The first-order chi connectivity index (χ1) is 9.67. The van der Waals surface area contributed by atoms with Gasteiger partial charge in [-0.1, -0.05) is 44.0 Å². The predicted molar refractivity (Wildman–Crippen MR) is 82.7 cm³/mol. The van der Waals surface area contributed by atoms with Crippen LogP contribution in [0.25, 0.3) is 10.9 Å². The Morgan fingerprint density at radius 3 is 2.85 bits per heavy atom. The summed E-state index contributed by atoms with van der Waals surface area (Å²) in [6, 6.07) is 6.03. The average molecular weight is 294 g/mol. The molecule has 0 unspecified atom stereocenters. The number of hydrogen-bond acceptors (Lipinski definition) is 2. The van der Waals surface area contributed by atoms with Gasteiger partial charge in [0.2, 0.25) is 0 Å². The van der Waals surface area contributed by atoms with Crippen molar-refractivity contribution >= 4 is 28.4 Å². The Hall–Kier alpha value is -1.32. The van der Waals surface area contributed by atoms with E-state index < -0.39 is 0 Å². The van der Waals surface area contributed by atoms with Gasteiger partial charge in [-0.2, -0.15) is 0 Å². The van der Waals surface area contributed by atoms with Crippen LogP contribution < -0.4 is 0 Å². The van der Waals surface area contributed by atoms with Gasteiger partial charge >= 0.3 is 0 Å². The maximum atomic E-state index is 12.2. The van der Waals surface area contributed by atoms with Gasteiger partial charge in [-0.15, -0.1) is 0 Å². The van der Waals surface area contributed by atoms with Gasteiger partial charge in [0.1, 0.15) is 6.61 Å². The number of unbranched alkanes of at least 4 members (excludes halogenated alkanes) is 1. The Bertz CT molecular complexity index is 604. The molecule has 1 heterocycles. The number of hydrogen-bond donors (Lipinski definition) is 0. The van der Waals surface area contributed by atoms with E-state index in [-0.39, 0.29) is 12.5 Å². The SMILES string of the molecule is CCCCOCC(=O)n1cc(Cl)c2ccc(CC)cc21. The first-order valence-corrected chi connectivity index (χ1v) is 7.45. The van der Waals surface area contributed by atoms with Crippen LogP contribution in [-0.4, -0.2) is 23.7 Å². The highest BCUT2D eigenvalue weighted by molar-refractivity contribution is 6.36. The summed E-state index contributed by atoms with van der Waals surface area (Å²) in [6.07, 6.45) is 4.64. The van der Waals surface area contributed by atoms with E-state index in [0.29, 0.717) is 11.6 Å². The van der Waals surface area contributed by atoms with Crippen LogP contribution in [0.2, 0.25) is 5.02 Å². The van der Waals surface area contributed by atoms with Crippen LogP contribution in [0, 0.1) is 0 Å². The Morgan fingerprint density at radius 2 is 2.15 bits per heavy atom. The largest absolute Gasteiger partial charge is 0.372 e. The Labute approximate surface area is 124 Å². The first-order valence-electron chi connectivity index (χ1n) is 7.07. The van der Waals surface area contributed by atoms with Crippen molar-refractivity contribution in [2.45, 2.75) is 33.1 Å². The predicted octanol–water partition coefficient (Wildman–Crippen LogP) is 4.31. The Morgan fingerprint density at radius 1 is 1.35 bits per heavy atom.